The highest BCUT2D eigenvalue weighted by Crippen LogP contribution is 2.12. The van der Waals surface area contributed by atoms with Crippen molar-refractivity contribution in [3.05, 3.63) is 30.0 Å². The molecule has 7 nitrogen and oxygen atoms in total. The van der Waals surface area contributed by atoms with Gasteiger partial charge in [0.1, 0.15) is 0 Å². The summed E-state index contributed by atoms with van der Waals surface area (Å²) in [7, 11) is 0. The fraction of sp³-hybridized carbons (Fsp3) is 0.200. The summed E-state index contributed by atoms with van der Waals surface area (Å²) in [5, 5.41) is 20.3. The summed E-state index contributed by atoms with van der Waals surface area (Å²) >= 11 is 0. The molecule has 88 valence electrons. The minimum Gasteiger partial charge on any atom is -0.478 e. The van der Waals surface area contributed by atoms with Gasteiger partial charge < -0.3 is 9.52 Å². The van der Waals surface area contributed by atoms with Crippen molar-refractivity contribution in [3.8, 4) is 11.6 Å². The first-order valence-electron chi connectivity index (χ1n) is 4.88. The molecule has 7 heteroatoms. The predicted octanol–water partition coefficient (Wildman–Crippen LogP) is 0.964. The normalized spacial score (nSPS) is 11.7. The molecule has 0 bridgehead atoms. The number of tetrazole rings is 1. The van der Waals surface area contributed by atoms with Crippen molar-refractivity contribution >= 4 is 5.97 Å². The van der Waals surface area contributed by atoms with E-state index in [1.54, 1.807) is 12.1 Å². The Morgan fingerprint density at radius 1 is 1.65 bits per heavy atom. The summed E-state index contributed by atoms with van der Waals surface area (Å²) in [6.45, 7) is 1.76. The van der Waals surface area contributed by atoms with Crippen LogP contribution in [-0.2, 0) is 11.3 Å². The molecule has 0 amide bonds. The van der Waals surface area contributed by atoms with Crippen LogP contribution in [0.3, 0.4) is 0 Å². The molecular weight excluding hydrogens is 224 g/mol. The summed E-state index contributed by atoms with van der Waals surface area (Å²) in [4.78, 5) is 11.9. The third kappa shape index (κ3) is 2.57. The quantitative estimate of drug-likeness (QED) is 0.792. The lowest BCUT2D eigenvalue weighted by Gasteiger charge is -1.93. The smallest absolute Gasteiger partial charge is 0.331 e. The van der Waals surface area contributed by atoms with Crippen LogP contribution in [0.25, 0.3) is 11.6 Å². The highest BCUT2D eigenvalue weighted by atomic mass is 16.4. The summed E-state index contributed by atoms with van der Waals surface area (Å²) in [6, 6.07) is 3.45. The van der Waals surface area contributed by atoms with Gasteiger partial charge in [-0.2, -0.15) is 4.80 Å². The number of aliphatic carboxylic acids is 1. The van der Waals surface area contributed by atoms with Gasteiger partial charge in [0.05, 0.1) is 12.8 Å². The van der Waals surface area contributed by atoms with Crippen LogP contribution >= 0.6 is 0 Å². The van der Waals surface area contributed by atoms with E-state index in [9.17, 15) is 4.79 Å². The summed E-state index contributed by atoms with van der Waals surface area (Å²) in [5.41, 5.74) is 0.238. The minimum atomic E-state index is -0.962. The molecular formula is C10H10N4O3. The average molecular weight is 234 g/mol. The molecule has 0 aromatic carbocycles. The van der Waals surface area contributed by atoms with Gasteiger partial charge in [0, 0.05) is 5.57 Å². The number of furan rings is 1. The van der Waals surface area contributed by atoms with Gasteiger partial charge in [-0.3, -0.25) is 0 Å². The van der Waals surface area contributed by atoms with Crippen molar-refractivity contribution in [3.63, 3.8) is 0 Å². The molecule has 2 heterocycles. The SMILES string of the molecule is CC(=CCn1nnc(-c2ccco2)n1)C(=O)O. The largest absolute Gasteiger partial charge is 0.478 e. The first-order chi connectivity index (χ1) is 8.16. The average Bonchev–Trinajstić information content (AvgIpc) is 2.95. The van der Waals surface area contributed by atoms with E-state index in [1.165, 1.54) is 24.1 Å². The van der Waals surface area contributed by atoms with E-state index in [-0.39, 0.29) is 12.1 Å². The molecule has 0 atom stereocenters. The second-order valence-corrected chi connectivity index (χ2v) is 3.34. The maximum Gasteiger partial charge on any atom is 0.331 e. The summed E-state index contributed by atoms with van der Waals surface area (Å²) in [6.07, 6.45) is 3.03. The van der Waals surface area contributed by atoms with Gasteiger partial charge in [-0.05, 0) is 24.3 Å². The molecule has 2 aromatic heterocycles. The Labute approximate surface area is 96.4 Å². The van der Waals surface area contributed by atoms with E-state index >= 15 is 0 Å². The molecule has 1 N–H and O–H groups in total. The lowest BCUT2D eigenvalue weighted by Crippen LogP contribution is -2.03. The van der Waals surface area contributed by atoms with E-state index in [2.05, 4.69) is 15.4 Å². The standard InChI is InChI=1S/C10H10N4O3/c1-7(10(15)16)4-5-14-12-9(11-13-14)8-3-2-6-17-8/h2-4,6H,5H2,1H3,(H,15,16). The van der Waals surface area contributed by atoms with E-state index in [0.717, 1.165) is 0 Å². The summed E-state index contributed by atoms with van der Waals surface area (Å²) < 4.78 is 5.11. The highest BCUT2D eigenvalue weighted by molar-refractivity contribution is 5.85. The van der Waals surface area contributed by atoms with E-state index in [1.807, 2.05) is 0 Å². The monoisotopic (exact) mass is 234 g/mol. The Hall–Kier alpha value is -2.44. The molecule has 0 spiro atoms. The van der Waals surface area contributed by atoms with E-state index in [4.69, 9.17) is 9.52 Å². The predicted molar refractivity (Wildman–Crippen MR) is 56.9 cm³/mol. The Morgan fingerprint density at radius 3 is 3.12 bits per heavy atom. The van der Waals surface area contributed by atoms with E-state index < -0.39 is 5.97 Å². The molecule has 17 heavy (non-hydrogen) atoms. The fourth-order valence-electron chi connectivity index (χ4n) is 1.13. The maximum atomic E-state index is 10.6. The van der Waals surface area contributed by atoms with Gasteiger partial charge in [-0.15, -0.1) is 10.2 Å². The highest BCUT2D eigenvalue weighted by Gasteiger charge is 2.07. The van der Waals surface area contributed by atoms with Crippen LogP contribution in [-0.4, -0.2) is 31.3 Å². The number of nitrogens with zero attached hydrogens (tertiary/aromatic N) is 4. The molecule has 0 saturated carbocycles. The van der Waals surface area contributed by atoms with Crippen LogP contribution in [0.15, 0.2) is 34.5 Å². The fourth-order valence-corrected chi connectivity index (χ4v) is 1.13. The molecule has 0 aliphatic rings. The second-order valence-electron chi connectivity index (χ2n) is 3.34. The molecule has 0 radical (unpaired) electrons. The first kappa shape index (κ1) is 11.1. The number of carboxylic acid groups (broad SMARTS) is 1. The lowest BCUT2D eigenvalue weighted by molar-refractivity contribution is -0.132. The van der Waals surface area contributed by atoms with Crippen LogP contribution < -0.4 is 0 Å². The Morgan fingerprint density at radius 2 is 2.47 bits per heavy atom. The zero-order chi connectivity index (χ0) is 12.3. The van der Waals surface area contributed by atoms with E-state index in [0.29, 0.717) is 11.6 Å². The van der Waals surface area contributed by atoms with Gasteiger partial charge in [-0.25, -0.2) is 4.79 Å². The van der Waals surface area contributed by atoms with Crippen molar-refractivity contribution in [1.29, 1.82) is 0 Å². The molecule has 0 aliphatic carbocycles. The molecule has 0 aliphatic heterocycles. The number of allylic oxidation sites excluding steroid dienone is 1. The number of rotatable bonds is 4. The molecule has 0 saturated heterocycles. The van der Waals surface area contributed by atoms with Crippen LogP contribution in [0.5, 0.6) is 0 Å². The Bertz CT molecular complexity index is 542. The number of hydrogen-bond donors (Lipinski definition) is 1. The van der Waals surface area contributed by atoms with Crippen molar-refractivity contribution in [1.82, 2.24) is 20.2 Å². The van der Waals surface area contributed by atoms with Gasteiger partial charge in [-0.1, -0.05) is 6.08 Å². The van der Waals surface area contributed by atoms with Gasteiger partial charge in [0.2, 0.25) is 5.82 Å². The first-order valence-corrected chi connectivity index (χ1v) is 4.88. The zero-order valence-electron chi connectivity index (χ0n) is 9.07. The van der Waals surface area contributed by atoms with Gasteiger partial charge >= 0.3 is 5.97 Å². The molecule has 0 fully saturated rings. The Balaban J connectivity index is 2.10. The zero-order valence-corrected chi connectivity index (χ0v) is 9.07. The molecule has 2 aromatic rings. The minimum absolute atomic E-state index is 0.238. The van der Waals surface area contributed by atoms with Crippen molar-refractivity contribution in [2.45, 2.75) is 13.5 Å². The number of hydrogen-bond acceptors (Lipinski definition) is 5. The molecule has 0 unspecified atom stereocenters. The third-order valence-corrected chi connectivity index (χ3v) is 2.09. The van der Waals surface area contributed by atoms with Crippen molar-refractivity contribution in [2.75, 3.05) is 0 Å². The lowest BCUT2D eigenvalue weighted by atomic mass is 10.3. The topological polar surface area (TPSA) is 94.0 Å². The van der Waals surface area contributed by atoms with Crippen LogP contribution in [0.1, 0.15) is 6.92 Å². The van der Waals surface area contributed by atoms with Crippen LogP contribution in [0.4, 0.5) is 0 Å². The van der Waals surface area contributed by atoms with Crippen LogP contribution in [0.2, 0.25) is 0 Å². The third-order valence-electron chi connectivity index (χ3n) is 2.09. The Kier molecular flexibility index (Phi) is 2.99. The maximum absolute atomic E-state index is 10.6. The number of aromatic nitrogens is 4. The second kappa shape index (κ2) is 4.60. The number of carbonyl (C=O) groups is 1. The summed E-state index contributed by atoms with van der Waals surface area (Å²) in [5.74, 6) is -0.0667. The van der Waals surface area contributed by atoms with Crippen molar-refractivity contribution < 1.29 is 14.3 Å². The van der Waals surface area contributed by atoms with Gasteiger partial charge in [0.25, 0.3) is 0 Å². The van der Waals surface area contributed by atoms with Crippen molar-refractivity contribution in [2.24, 2.45) is 0 Å². The molecule has 2 rings (SSSR count). The van der Waals surface area contributed by atoms with Crippen LogP contribution in [0, 0.1) is 0 Å². The van der Waals surface area contributed by atoms with Gasteiger partial charge in [0.15, 0.2) is 5.76 Å². The number of carboxylic acids is 1.